The molecule has 6 nitrogen and oxygen atoms in total. The Morgan fingerprint density at radius 3 is 2.50 bits per heavy atom. The zero-order valence-electron chi connectivity index (χ0n) is 11.2. The van der Waals surface area contributed by atoms with Gasteiger partial charge < -0.3 is 20.7 Å². The number of rotatable bonds is 5. The van der Waals surface area contributed by atoms with Gasteiger partial charge in [-0.25, -0.2) is 0 Å². The first-order chi connectivity index (χ1) is 8.55. The van der Waals surface area contributed by atoms with E-state index in [4.69, 9.17) is 10.5 Å². The third kappa shape index (κ3) is 3.43. The van der Waals surface area contributed by atoms with E-state index in [9.17, 15) is 9.59 Å². The number of amides is 2. The molecular formula is C12H23N3O3. The summed E-state index contributed by atoms with van der Waals surface area (Å²) in [5.74, 6) is -0.202. The van der Waals surface area contributed by atoms with Gasteiger partial charge in [0.2, 0.25) is 11.8 Å². The van der Waals surface area contributed by atoms with E-state index in [0.717, 1.165) is 0 Å². The Labute approximate surface area is 108 Å². The molecule has 0 bridgehead atoms. The van der Waals surface area contributed by atoms with Crippen molar-refractivity contribution in [3.05, 3.63) is 0 Å². The quantitative estimate of drug-likeness (QED) is 0.684. The minimum Gasteiger partial charge on any atom is -0.381 e. The highest BCUT2D eigenvalue weighted by Gasteiger charge is 2.40. The normalized spacial score (nSPS) is 18.2. The van der Waals surface area contributed by atoms with Crippen LogP contribution in [-0.2, 0) is 14.3 Å². The van der Waals surface area contributed by atoms with Crippen LogP contribution in [0.15, 0.2) is 0 Å². The minimum absolute atomic E-state index is 0.0560. The van der Waals surface area contributed by atoms with Crippen LogP contribution in [0.4, 0.5) is 0 Å². The van der Waals surface area contributed by atoms with Crippen molar-refractivity contribution in [1.82, 2.24) is 10.2 Å². The van der Waals surface area contributed by atoms with E-state index in [1.165, 1.54) is 4.90 Å². The van der Waals surface area contributed by atoms with Crippen LogP contribution in [0.5, 0.6) is 0 Å². The molecule has 0 radical (unpaired) electrons. The molecule has 0 saturated carbocycles. The zero-order valence-corrected chi connectivity index (χ0v) is 11.2. The second-order valence-corrected chi connectivity index (χ2v) is 4.71. The molecule has 6 heteroatoms. The number of carbonyl (C=O) groups is 2. The lowest BCUT2D eigenvalue weighted by molar-refractivity contribution is -0.148. The molecule has 1 fully saturated rings. The minimum atomic E-state index is -0.556. The van der Waals surface area contributed by atoms with Gasteiger partial charge in [0, 0.05) is 33.4 Å². The van der Waals surface area contributed by atoms with Gasteiger partial charge in [0.1, 0.15) is 0 Å². The van der Waals surface area contributed by atoms with Gasteiger partial charge >= 0.3 is 0 Å². The molecule has 1 aliphatic rings. The lowest BCUT2D eigenvalue weighted by atomic mass is 9.79. The van der Waals surface area contributed by atoms with Crippen molar-refractivity contribution in [3.63, 3.8) is 0 Å². The molecule has 0 spiro atoms. The predicted octanol–water partition coefficient (Wildman–Crippen LogP) is -0.664. The van der Waals surface area contributed by atoms with E-state index in [0.29, 0.717) is 39.1 Å². The number of likely N-dealkylation sites (N-methyl/N-ethyl adjacent to an activating group) is 2. The molecule has 0 aliphatic carbocycles. The Morgan fingerprint density at radius 1 is 1.39 bits per heavy atom. The molecule has 1 heterocycles. The number of nitrogens with zero attached hydrogens (tertiary/aromatic N) is 1. The van der Waals surface area contributed by atoms with E-state index in [1.807, 2.05) is 6.92 Å². The average Bonchev–Trinajstić information content (AvgIpc) is 2.38. The smallest absolute Gasteiger partial charge is 0.239 e. The molecule has 0 unspecified atom stereocenters. The van der Waals surface area contributed by atoms with Crippen molar-refractivity contribution in [3.8, 4) is 0 Å². The van der Waals surface area contributed by atoms with Crippen LogP contribution in [0.3, 0.4) is 0 Å². The third-order valence-electron chi connectivity index (χ3n) is 3.40. The van der Waals surface area contributed by atoms with Crippen LogP contribution in [0, 0.1) is 5.41 Å². The highest BCUT2D eigenvalue weighted by Crippen LogP contribution is 2.31. The lowest BCUT2D eigenvalue weighted by Gasteiger charge is -2.37. The maximum Gasteiger partial charge on any atom is 0.239 e. The molecule has 2 amide bonds. The number of hydrogen-bond acceptors (Lipinski definition) is 4. The molecule has 1 aliphatic heterocycles. The summed E-state index contributed by atoms with van der Waals surface area (Å²) < 4.78 is 5.27. The van der Waals surface area contributed by atoms with Crippen LogP contribution >= 0.6 is 0 Å². The fraction of sp³-hybridized carbons (Fsp3) is 0.833. The van der Waals surface area contributed by atoms with Gasteiger partial charge in [0.05, 0.1) is 12.0 Å². The SMILES string of the molecule is CCNC(=O)CN(C)C(=O)C1(CN)CCOCC1. The van der Waals surface area contributed by atoms with E-state index in [1.54, 1.807) is 7.05 Å². The fourth-order valence-electron chi connectivity index (χ4n) is 2.21. The summed E-state index contributed by atoms with van der Waals surface area (Å²) in [6, 6.07) is 0. The monoisotopic (exact) mass is 257 g/mol. The summed E-state index contributed by atoms with van der Waals surface area (Å²) in [5, 5.41) is 2.68. The Kier molecular flexibility index (Phi) is 5.55. The van der Waals surface area contributed by atoms with Gasteiger partial charge in [-0.05, 0) is 19.8 Å². The van der Waals surface area contributed by atoms with Crippen molar-refractivity contribution < 1.29 is 14.3 Å². The largest absolute Gasteiger partial charge is 0.381 e. The van der Waals surface area contributed by atoms with E-state index in [2.05, 4.69) is 5.32 Å². The van der Waals surface area contributed by atoms with Gasteiger partial charge in [-0.1, -0.05) is 0 Å². The van der Waals surface area contributed by atoms with Crippen LogP contribution in [-0.4, -0.2) is 56.6 Å². The van der Waals surface area contributed by atoms with Gasteiger partial charge in [-0.3, -0.25) is 9.59 Å². The lowest BCUT2D eigenvalue weighted by Crippen LogP contribution is -2.51. The third-order valence-corrected chi connectivity index (χ3v) is 3.40. The number of carbonyl (C=O) groups excluding carboxylic acids is 2. The zero-order chi connectivity index (χ0) is 13.6. The standard InChI is InChI=1S/C12H23N3O3/c1-3-14-10(16)8-15(2)11(17)12(9-13)4-6-18-7-5-12/h3-9,13H2,1-2H3,(H,14,16). The molecular weight excluding hydrogens is 234 g/mol. The highest BCUT2D eigenvalue weighted by atomic mass is 16.5. The summed E-state index contributed by atoms with van der Waals surface area (Å²) in [7, 11) is 1.64. The number of nitrogens with one attached hydrogen (secondary N) is 1. The number of ether oxygens (including phenoxy) is 1. The molecule has 104 valence electrons. The first-order valence-corrected chi connectivity index (χ1v) is 6.36. The van der Waals surface area contributed by atoms with E-state index in [-0.39, 0.29) is 18.4 Å². The first kappa shape index (κ1) is 14.9. The topological polar surface area (TPSA) is 84.7 Å². The fourth-order valence-corrected chi connectivity index (χ4v) is 2.21. The van der Waals surface area contributed by atoms with Crippen molar-refractivity contribution in [2.75, 3.05) is 39.9 Å². The summed E-state index contributed by atoms with van der Waals surface area (Å²) in [4.78, 5) is 25.3. The Morgan fingerprint density at radius 2 is 2.00 bits per heavy atom. The first-order valence-electron chi connectivity index (χ1n) is 6.36. The Balaban J connectivity index is 2.62. The summed E-state index contributed by atoms with van der Waals surface area (Å²) in [6.07, 6.45) is 1.25. The maximum atomic E-state index is 12.4. The van der Waals surface area contributed by atoms with Crippen LogP contribution in [0.25, 0.3) is 0 Å². The van der Waals surface area contributed by atoms with Crippen LogP contribution < -0.4 is 11.1 Å². The second kappa shape index (κ2) is 6.70. The summed E-state index contributed by atoms with van der Waals surface area (Å²) >= 11 is 0. The molecule has 0 atom stereocenters. The highest BCUT2D eigenvalue weighted by molar-refractivity contribution is 5.88. The Bertz CT molecular complexity index is 301. The molecule has 1 saturated heterocycles. The second-order valence-electron chi connectivity index (χ2n) is 4.71. The van der Waals surface area contributed by atoms with Crippen molar-refractivity contribution in [1.29, 1.82) is 0 Å². The van der Waals surface area contributed by atoms with E-state index < -0.39 is 5.41 Å². The summed E-state index contributed by atoms with van der Waals surface area (Å²) in [6.45, 7) is 3.90. The predicted molar refractivity (Wildman–Crippen MR) is 67.9 cm³/mol. The van der Waals surface area contributed by atoms with E-state index >= 15 is 0 Å². The van der Waals surface area contributed by atoms with Crippen molar-refractivity contribution >= 4 is 11.8 Å². The summed E-state index contributed by atoms with van der Waals surface area (Å²) in [5.41, 5.74) is 5.21. The van der Waals surface area contributed by atoms with Crippen molar-refractivity contribution in [2.45, 2.75) is 19.8 Å². The molecule has 18 heavy (non-hydrogen) atoms. The molecule has 0 aromatic carbocycles. The molecule has 3 N–H and O–H groups in total. The van der Waals surface area contributed by atoms with Crippen molar-refractivity contribution in [2.24, 2.45) is 11.1 Å². The molecule has 0 aromatic rings. The average molecular weight is 257 g/mol. The van der Waals surface area contributed by atoms with Gasteiger partial charge in [-0.2, -0.15) is 0 Å². The van der Waals surface area contributed by atoms with Gasteiger partial charge in [0.15, 0.2) is 0 Å². The van der Waals surface area contributed by atoms with Gasteiger partial charge in [0.25, 0.3) is 0 Å². The maximum absolute atomic E-state index is 12.4. The van der Waals surface area contributed by atoms with Crippen LogP contribution in [0.1, 0.15) is 19.8 Å². The van der Waals surface area contributed by atoms with Crippen LogP contribution in [0.2, 0.25) is 0 Å². The van der Waals surface area contributed by atoms with Gasteiger partial charge in [-0.15, -0.1) is 0 Å². The Hall–Kier alpha value is -1.14. The molecule has 1 rings (SSSR count). The number of nitrogens with two attached hydrogens (primary N) is 1. The molecule has 0 aromatic heterocycles. The number of hydrogen-bond donors (Lipinski definition) is 2.